The maximum absolute atomic E-state index is 6.36. The summed E-state index contributed by atoms with van der Waals surface area (Å²) in [5, 5.41) is 0. The SMILES string of the molecule is CCC(N)C(c1ccco1)N1CCC(C(C)(C)C)CC1. The number of hydrogen-bond acceptors (Lipinski definition) is 3. The number of nitrogens with two attached hydrogens (primary N) is 1. The second-order valence-electron chi connectivity index (χ2n) is 7.21. The summed E-state index contributed by atoms with van der Waals surface area (Å²) in [5.41, 5.74) is 6.77. The first-order valence-corrected chi connectivity index (χ1v) is 7.96. The van der Waals surface area contributed by atoms with Crippen molar-refractivity contribution in [2.75, 3.05) is 13.1 Å². The van der Waals surface area contributed by atoms with E-state index in [1.54, 1.807) is 6.26 Å². The van der Waals surface area contributed by atoms with Gasteiger partial charge in [-0.1, -0.05) is 27.7 Å². The third-order valence-electron chi connectivity index (χ3n) is 4.86. The van der Waals surface area contributed by atoms with Crippen molar-refractivity contribution >= 4 is 0 Å². The average Bonchev–Trinajstić information content (AvgIpc) is 2.92. The number of likely N-dealkylation sites (tertiary alicyclic amines) is 1. The van der Waals surface area contributed by atoms with E-state index in [-0.39, 0.29) is 12.1 Å². The fourth-order valence-electron chi connectivity index (χ4n) is 3.39. The van der Waals surface area contributed by atoms with Crippen molar-refractivity contribution in [1.29, 1.82) is 0 Å². The summed E-state index contributed by atoms with van der Waals surface area (Å²) in [6.45, 7) is 11.5. The molecule has 3 heteroatoms. The Kier molecular flexibility index (Phi) is 4.92. The Labute approximate surface area is 123 Å². The fraction of sp³-hybridized carbons (Fsp3) is 0.765. The maximum Gasteiger partial charge on any atom is 0.122 e. The molecular formula is C17H30N2O. The van der Waals surface area contributed by atoms with E-state index in [1.807, 2.05) is 6.07 Å². The Morgan fingerprint density at radius 3 is 2.45 bits per heavy atom. The van der Waals surface area contributed by atoms with Crippen LogP contribution in [0.15, 0.2) is 22.8 Å². The second kappa shape index (κ2) is 6.31. The molecule has 2 unspecified atom stereocenters. The van der Waals surface area contributed by atoms with E-state index in [2.05, 4.69) is 38.7 Å². The first kappa shape index (κ1) is 15.6. The van der Waals surface area contributed by atoms with E-state index in [1.165, 1.54) is 12.8 Å². The van der Waals surface area contributed by atoms with Crippen molar-refractivity contribution in [1.82, 2.24) is 4.90 Å². The van der Waals surface area contributed by atoms with E-state index in [9.17, 15) is 0 Å². The van der Waals surface area contributed by atoms with Crippen molar-refractivity contribution in [2.24, 2.45) is 17.1 Å². The van der Waals surface area contributed by atoms with Gasteiger partial charge in [0.25, 0.3) is 0 Å². The molecule has 0 aliphatic carbocycles. The molecule has 0 saturated carbocycles. The van der Waals surface area contributed by atoms with E-state index < -0.39 is 0 Å². The molecule has 0 aromatic carbocycles. The predicted molar refractivity (Wildman–Crippen MR) is 83.5 cm³/mol. The number of piperidine rings is 1. The van der Waals surface area contributed by atoms with Gasteiger partial charge in [0.05, 0.1) is 12.3 Å². The van der Waals surface area contributed by atoms with Gasteiger partial charge in [-0.2, -0.15) is 0 Å². The zero-order valence-corrected chi connectivity index (χ0v) is 13.4. The molecule has 0 amide bonds. The molecule has 1 aliphatic heterocycles. The highest BCUT2D eigenvalue weighted by Crippen LogP contribution is 2.37. The summed E-state index contributed by atoms with van der Waals surface area (Å²) in [5.74, 6) is 1.84. The van der Waals surface area contributed by atoms with Crippen molar-refractivity contribution in [2.45, 2.75) is 59.0 Å². The monoisotopic (exact) mass is 278 g/mol. The second-order valence-corrected chi connectivity index (χ2v) is 7.21. The van der Waals surface area contributed by atoms with Gasteiger partial charge in [-0.25, -0.2) is 0 Å². The Morgan fingerprint density at radius 1 is 1.35 bits per heavy atom. The number of furan rings is 1. The lowest BCUT2D eigenvalue weighted by Gasteiger charge is -2.42. The van der Waals surface area contributed by atoms with Crippen molar-refractivity contribution in [3.8, 4) is 0 Å². The molecule has 1 aromatic heterocycles. The highest BCUT2D eigenvalue weighted by Gasteiger charge is 2.34. The Morgan fingerprint density at radius 2 is 2.00 bits per heavy atom. The third kappa shape index (κ3) is 3.44. The molecule has 2 rings (SSSR count). The van der Waals surface area contributed by atoms with E-state index >= 15 is 0 Å². The highest BCUT2D eigenvalue weighted by molar-refractivity contribution is 5.08. The molecule has 3 nitrogen and oxygen atoms in total. The highest BCUT2D eigenvalue weighted by atomic mass is 16.3. The molecule has 0 radical (unpaired) electrons. The first-order chi connectivity index (χ1) is 9.43. The molecule has 1 aliphatic rings. The van der Waals surface area contributed by atoms with Crippen LogP contribution in [0, 0.1) is 11.3 Å². The minimum absolute atomic E-state index is 0.146. The van der Waals surface area contributed by atoms with E-state index in [4.69, 9.17) is 10.2 Å². The lowest BCUT2D eigenvalue weighted by Crippen LogP contribution is -2.46. The van der Waals surface area contributed by atoms with Crippen molar-refractivity contribution < 1.29 is 4.42 Å². The molecule has 114 valence electrons. The molecule has 20 heavy (non-hydrogen) atoms. The van der Waals surface area contributed by atoms with Gasteiger partial charge < -0.3 is 10.2 Å². The molecule has 2 heterocycles. The summed E-state index contributed by atoms with van der Waals surface area (Å²) >= 11 is 0. The average molecular weight is 278 g/mol. The largest absolute Gasteiger partial charge is 0.468 e. The van der Waals surface area contributed by atoms with Crippen molar-refractivity contribution in [3.05, 3.63) is 24.2 Å². The number of nitrogens with zero attached hydrogens (tertiary/aromatic N) is 1. The minimum atomic E-state index is 0.146. The first-order valence-electron chi connectivity index (χ1n) is 7.96. The number of rotatable bonds is 4. The van der Waals surface area contributed by atoms with Gasteiger partial charge in [0, 0.05) is 6.04 Å². The summed E-state index contributed by atoms with van der Waals surface area (Å²) in [6, 6.07) is 4.41. The zero-order chi connectivity index (χ0) is 14.8. The quantitative estimate of drug-likeness (QED) is 0.910. The van der Waals surface area contributed by atoms with Gasteiger partial charge in [-0.3, -0.25) is 4.90 Å². The van der Waals surface area contributed by atoms with Gasteiger partial charge >= 0.3 is 0 Å². The van der Waals surface area contributed by atoms with Gasteiger partial charge in [-0.15, -0.1) is 0 Å². The molecule has 2 atom stereocenters. The standard InChI is InChI=1S/C17H30N2O/c1-5-14(18)16(15-7-6-12-20-15)19-10-8-13(9-11-19)17(2,3)4/h6-7,12-14,16H,5,8-11,18H2,1-4H3. The Balaban J connectivity index is 2.06. The van der Waals surface area contributed by atoms with Gasteiger partial charge in [0.15, 0.2) is 0 Å². The van der Waals surface area contributed by atoms with E-state index in [0.717, 1.165) is 31.2 Å². The van der Waals surface area contributed by atoms with Crippen LogP contribution >= 0.6 is 0 Å². The summed E-state index contributed by atoms with van der Waals surface area (Å²) < 4.78 is 5.64. The van der Waals surface area contributed by atoms with Crippen LogP contribution in [0.5, 0.6) is 0 Å². The topological polar surface area (TPSA) is 42.4 Å². The Hall–Kier alpha value is -0.800. The molecule has 1 saturated heterocycles. The maximum atomic E-state index is 6.36. The third-order valence-corrected chi connectivity index (χ3v) is 4.86. The van der Waals surface area contributed by atoms with Crippen LogP contribution in [-0.2, 0) is 0 Å². The molecule has 1 fully saturated rings. The Bertz CT molecular complexity index is 386. The molecular weight excluding hydrogens is 248 g/mol. The predicted octanol–water partition coefficient (Wildman–Crippen LogP) is 3.82. The summed E-state index contributed by atoms with van der Waals surface area (Å²) in [7, 11) is 0. The van der Waals surface area contributed by atoms with Gasteiger partial charge in [-0.05, 0) is 55.8 Å². The lowest BCUT2D eigenvalue weighted by atomic mass is 9.75. The smallest absolute Gasteiger partial charge is 0.122 e. The minimum Gasteiger partial charge on any atom is -0.468 e. The number of hydrogen-bond donors (Lipinski definition) is 1. The van der Waals surface area contributed by atoms with Crippen molar-refractivity contribution in [3.63, 3.8) is 0 Å². The molecule has 0 bridgehead atoms. The summed E-state index contributed by atoms with van der Waals surface area (Å²) in [4.78, 5) is 2.52. The molecule has 2 N–H and O–H groups in total. The van der Waals surface area contributed by atoms with Crippen LogP contribution in [0.1, 0.15) is 58.8 Å². The van der Waals surface area contributed by atoms with Crippen LogP contribution in [0.3, 0.4) is 0 Å². The normalized spacial score (nSPS) is 21.9. The van der Waals surface area contributed by atoms with Crippen LogP contribution in [-0.4, -0.2) is 24.0 Å². The van der Waals surface area contributed by atoms with Crippen LogP contribution < -0.4 is 5.73 Å². The van der Waals surface area contributed by atoms with E-state index in [0.29, 0.717) is 5.41 Å². The molecule has 1 aromatic rings. The molecule has 0 spiro atoms. The summed E-state index contributed by atoms with van der Waals surface area (Å²) in [6.07, 6.45) is 5.26. The fourth-order valence-corrected chi connectivity index (χ4v) is 3.39. The zero-order valence-electron chi connectivity index (χ0n) is 13.4. The van der Waals surface area contributed by atoms with Crippen LogP contribution in [0.25, 0.3) is 0 Å². The van der Waals surface area contributed by atoms with Gasteiger partial charge in [0.1, 0.15) is 5.76 Å². The van der Waals surface area contributed by atoms with Crippen LogP contribution in [0.2, 0.25) is 0 Å². The lowest BCUT2D eigenvalue weighted by molar-refractivity contribution is 0.0638. The van der Waals surface area contributed by atoms with Gasteiger partial charge in [0.2, 0.25) is 0 Å². The van der Waals surface area contributed by atoms with Crippen LogP contribution in [0.4, 0.5) is 0 Å².